The van der Waals surface area contributed by atoms with Gasteiger partial charge in [0, 0.05) is 36.5 Å². The van der Waals surface area contributed by atoms with Gasteiger partial charge < -0.3 is 20.1 Å². The van der Waals surface area contributed by atoms with Crippen LogP contribution in [-0.2, 0) is 0 Å². The first-order chi connectivity index (χ1) is 22.7. The van der Waals surface area contributed by atoms with Gasteiger partial charge in [0.25, 0.3) is 0 Å². The fourth-order valence-corrected chi connectivity index (χ4v) is 9.68. The second-order valence-electron chi connectivity index (χ2n) is 13.4. The Labute approximate surface area is 279 Å². The summed E-state index contributed by atoms with van der Waals surface area (Å²) < 4.78 is 45.1. The fraction of sp³-hybridized carbons (Fsp3) is 0.471. The third-order valence-electron chi connectivity index (χ3n) is 10.5. The van der Waals surface area contributed by atoms with Crippen molar-refractivity contribution in [3.63, 3.8) is 0 Å². The molecule has 4 aliphatic rings. The van der Waals surface area contributed by atoms with Crippen molar-refractivity contribution >= 4 is 54.7 Å². The van der Waals surface area contributed by atoms with Gasteiger partial charge in [0.1, 0.15) is 34.8 Å². The van der Waals surface area contributed by atoms with Crippen LogP contribution in [0.1, 0.15) is 51.0 Å². The number of piperidine rings is 1. The van der Waals surface area contributed by atoms with Crippen LogP contribution in [0.4, 0.5) is 19.6 Å². The van der Waals surface area contributed by atoms with E-state index in [0.29, 0.717) is 43.3 Å². The zero-order valence-electron chi connectivity index (χ0n) is 25.8. The van der Waals surface area contributed by atoms with Crippen LogP contribution in [-0.4, -0.2) is 59.3 Å². The highest BCUT2D eigenvalue weighted by Crippen LogP contribution is 2.51. The molecular weight excluding hydrogens is 644 g/mol. The van der Waals surface area contributed by atoms with Gasteiger partial charge in [0.15, 0.2) is 11.6 Å². The Bertz CT molecular complexity index is 2040. The summed E-state index contributed by atoms with van der Waals surface area (Å²) in [6.07, 6.45) is 5.24. The molecule has 13 heteroatoms. The van der Waals surface area contributed by atoms with E-state index in [1.165, 1.54) is 12.1 Å². The number of halogens is 3. The van der Waals surface area contributed by atoms with Crippen molar-refractivity contribution in [3.8, 4) is 35.0 Å². The minimum Gasteiger partial charge on any atom is -0.491 e. The molecule has 0 bridgehead atoms. The van der Waals surface area contributed by atoms with Crippen LogP contribution in [0.2, 0.25) is 5.02 Å². The Morgan fingerprint density at radius 3 is 2.85 bits per heavy atom. The molecule has 8 rings (SSSR count). The number of aromatic nitrogens is 2. The largest absolute Gasteiger partial charge is 0.491 e. The quantitative estimate of drug-likeness (QED) is 0.242. The Hall–Kier alpha value is -3.97. The molecule has 0 radical (unpaired) electrons. The van der Waals surface area contributed by atoms with E-state index in [-0.39, 0.29) is 71.6 Å². The number of rotatable bonds is 4. The summed E-state index contributed by atoms with van der Waals surface area (Å²) >= 11 is 7.99. The Morgan fingerprint density at radius 1 is 1.19 bits per heavy atom. The molecule has 0 aliphatic carbocycles. The predicted molar refractivity (Wildman–Crippen MR) is 177 cm³/mol. The van der Waals surface area contributed by atoms with Crippen molar-refractivity contribution in [1.82, 2.24) is 14.9 Å². The number of benzene rings is 2. The first-order valence-electron chi connectivity index (χ1n) is 16.0. The fourth-order valence-electron chi connectivity index (χ4n) is 8.40. The summed E-state index contributed by atoms with van der Waals surface area (Å²) in [6, 6.07) is 7.13. The average molecular weight is 676 g/mol. The smallest absolute Gasteiger partial charge is 0.319 e. The third-order valence-corrected chi connectivity index (χ3v) is 11.9. The van der Waals surface area contributed by atoms with Gasteiger partial charge in [0.05, 0.1) is 44.8 Å². The molecule has 242 valence electrons. The lowest BCUT2D eigenvalue weighted by Crippen LogP contribution is -2.45. The molecule has 0 amide bonds. The number of hydrogen-bond donors (Lipinski definition) is 1. The number of hydrogen-bond acceptors (Lipinski definition) is 10. The molecule has 47 heavy (non-hydrogen) atoms. The number of fused-ring (bicyclic) bond motifs is 4. The summed E-state index contributed by atoms with van der Waals surface area (Å²) in [5, 5.41) is 20.4. The van der Waals surface area contributed by atoms with E-state index >= 15 is 4.39 Å². The molecule has 3 fully saturated rings. The molecule has 6 heterocycles. The number of ether oxygens (including phenoxy) is 2. The number of anilines is 2. The first kappa shape index (κ1) is 30.4. The molecule has 4 aromatic rings. The van der Waals surface area contributed by atoms with Gasteiger partial charge in [-0.1, -0.05) is 24.6 Å². The highest BCUT2D eigenvalue weighted by atomic mass is 35.5. The zero-order chi connectivity index (χ0) is 32.6. The van der Waals surface area contributed by atoms with Gasteiger partial charge in [-0.3, -0.25) is 4.90 Å². The van der Waals surface area contributed by atoms with Gasteiger partial charge in [-0.15, -0.1) is 11.3 Å². The molecule has 0 spiro atoms. The number of nitrogen functional groups attached to an aromatic ring is 1. The van der Waals surface area contributed by atoms with E-state index in [1.807, 2.05) is 0 Å². The van der Waals surface area contributed by atoms with Crippen molar-refractivity contribution in [3.05, 3.63) is 34.4 Å². The van der Waals surface area contributed by atoms with E-state index in [1.54, 1.807) is 0 Å². The number of nitrogens with zero attached hydrogens (tertiary/aromatic N) is 6. The Morgan fingerprint density at radius 2 is 2.04 bits per heavy atom. The van der Waals surface area contributed by atoms with Crippen LogP contribution >= 0.6 is 22.9 Å². The van der Waals surface area contributed by atoms with Crippen LogP contribution in [0.15, 0.2) is 12.1 Å². The molecule has 4 aliphatic heterocycles. The van der Waals surface area contributed by atoms with Crippen molar-refractivity contribution in [2.45, 2.75) is 57.0 Å². The van der Waals surface area contributed by atoms with Crippen LogP contribution in [0, 0.1) is 46.1 Å². The maximum atomic E-state index is 17.2. The second kappa shape index (κ2) is 11.3. The topological polar surface area (TPSA) is 124 Å². The van der Waals surface area contributed by atoms with Gasteiger partial charge in [-0.25, -0.2) is 8.78 Å². The maximum absolute atomic E-state index is 17.2. The highest BCUT2D eigenvalue weighted by Gasteiger charge is 2.48. The van der Waals surface area contributed by atoms with Crippen LogP contribution in [0.5, 0.6) is 11.8 Å². The van der Waals surface area contributed by atoms with E-state index in [9.17, 15) is 14.9 Å². The third kappa shape index (κ3) is 4.67. The van der Waals surface area contributed by atoms with Crippen LogP contribution in [0.25, 0.3) is 32.1 Å². The number of nitrogens with two attached hydrogens (primary N) is 1. The summed E-state index contributed by atoms with van der Waals surface area (Å²) in [7, 11) is 0. The van der Waals surface area contributed by atoms with Crippen molar-refractivity contribution < 1.29 is 18.3 Å². The minimum atomic E-state index is -0.770. The SMILES string of the molecule is C[C@H]1CN2CCCC2(COc2nc3c4c(c(Cl)c(-c5ccc(F)c6sc(N)c(C#N)c56)c(F)c4n2)OCCC2CCC(C#N)CN32)C1. The van der Waals surface area contributed by atoms with Gasteiger partial charge >= 0.3 is 6.01 Å². The lowest BCUT2D eigenvalue weighted by molar-refractivity contribution is 0.107. The van der Waals surface area contributed by atoms with Gasteiger partial charge in [0.2, 0.25) is 0 Å². The van der Waals surface area contributed by atoms with Crippen molar-refractivity contribution in [2.75, 3.05) is 43.5 Å². The van der Waals surface area contributed by atoms with Crippen LogP contribution < -0.4 is 20.1 Å². The van der Waals surface area contributed by atoms with Crippen molar-refractivity contribution in [1.29, 1.82) is 10.5 Å². The molecule has 3 unspecified atom stereocenters. The average Bonchev–Trinajstić information content (AvgIpc) is 3.70. The lowest BCUT2D eigenvalue weighted by atomic mass is 9.91. The summed E-state index contributed by atoms with van der Waals surface area (Å²) in [6.45, 7) is 5.36. The highest BCUT2D eigenvalue weighted by molar-refractivity contribution is 7.23. The Kier molecular flexibility index (Phi) is 7.32. The zero-order valence-corrected chi connectivity index (χ0v) is 27.4. The number of thiophene rings is 1. The molecule has 3 saturated heterocycles. The molecule has 4 atom stereocenters. The van der Waals surface area contributed by atoms with Gasteiger partial charge in [-0.2, -0.15) is 20.5 Å². The predicted octanol–water partition coefficient (Wildman–Crippen LogP) is 7.04. The second-order valence-corrected chi connectivity index (χ2v) is 14.8. The lowest BCUT2D eigenvalue weighted by Gasteiger charge is -2.40. The number of nitriles is 2. The molecular formula is C34H32ClF2N7O2S. The standard InChI is InChI=1S/C34H32ClF2N7O2S/c1-17-11-34(8-2-9-43(34)14-17)16-46-33-41-28-25-29(45-10-7-19-4-3-18(12-38)15-44(19)32(25)42-33)26(35)24(27(28)37)20-5-6-22(36)30-23(20)21(13-39)31(40)47-30/h5-6,17-19H,2-4,7-11,14-16,40H2,1H3/t17-,18?,19?,34?/m1/s1. The van der Waals surface area contributed by atoms with E-state index in [0.717, 1.165) is 56.5 Å². The van der Waals surface area contributed by atoms with Crippen LogP contribution in [0.3, 0.4) is 0 Å². The normalized spacial score (nSPS) is 25.5. The first-order valence-corrected chi connectivity index (χ1v) is 17.2. The minimum absolute atomic E-state index is 0.0171. The van der Waals surface area contributed by atoms with Gasteiger partial charge in [-0.05, 0) is 56.2 Å². The van der Waals surface area contributed by atoms with E-state index < -0.39 is 11.6 Å². The molecule has 2 aromatic carbocycles. The maximum Gasteiger partial charge on any atom is 0.319 e. The molecule has 2 aromatic heterocycles. The molecule has 2 N–H and O–H groups in total. The summed E-state index contributed by atoms with van der Waals surface area (Å²) in [4.78, 5) is 14.1. The van der Waals surface area contributed by atoms with E-state index in [2.05, 4.69) is 33.8 Å². The summed E-state index contributed by atoms with van der Waals surface area (Å²) in [5.74, 6) is -0.416. The monoisotopic (exact) mass is 675 g/mol. The van der Waals surface area contributed by atoms with Crippen molar-refractivity contribution in [2.24, 2.45) is 11.8 Å². The van der Waals surface area contributed by atoms with E-state index in [4.69, 9.17) is 31.8 Å². The summed E-state index contributed by atoms with van der Waals surface area (Å²) in [5.41, 5.74) is 6.13. The Balaban J connectivity index is 1.36. The molecule has 9 nitrogen and oxygen atoms in total. The molecule has 0 saturated carbocycles.